The standard InChI is InChI=1S/C32H21BrFN3O4S2/c1-40-27-14-21(13-26(33)29(27)41-18-20-7-5-19(17-35)6-8-20)15-28-31(39)37(32(42)43-28)25-4-2-3-22(16-25)30(38)36-24-11-9-23(34)10-12-24/h2-16H,18H2,1H3,(H,36,38)/b28-15+. The van der Waals surface area contributed by atoms with Crippen molar-refractivity contribution in [2.75, 3.05) is 17.3 Å². The third-order valence-corrected chi connectivity index (χ3v) is 8.17. The van der Waals surface area contributed by atoms with E-state index in [-0.39, 0.29) is 12.5 Å². The lowest BCUT2D eigenvalue weighted by molar-refractivity contribution is -0.113. The van der Waals surface area contributed by atoms with E-state index in [1.807, 2.05) is 18.2 Å². The van der Waals surface area contributed by atoms with Gasteiger partial charge >= 0.3 is 0 Å². The highest BCUT2D eigenvalue weighted by Gasteiger charge is 2.33. The Morgan fingerprint density at radius 2 is 1.86 bits per heavy atom. The number of hydrogen-bond acceptors (Lipinski definition) is 7. The molecule has 43 heavy (non-hydrogen) atoms. The van der Waals surface area contributed by atoms with Gasteiger partial charge in [0.2, 0.25) is 0 Å². The number of anilines is 2. The van der Waals surface area contributed by atoms with Gasteiger partial charge in [-0.15, -0.1) is 0 Å². The predicted octanol–water partition coefficient (Wildman–Crippen LogP) is 7.71. The number of carbonyl (C=O) groups is 2. The van der Waals surface area contributed by atoms with Gasteiger partial charge in [0, 0.05) is 11.3 Å². The molecule has 0 radical (unpaired) electrons. The third-order valence-electron chi connectivity index (χ3n) is 6.28. The van der Waals surface area contributed by atoms with Crippen molar-refractivity contribution in [1.82, 2.24) is 0 Å². The highest BCUT2D eigenvalue weighted by atomic mass is 79.9. The summed E-state index contributed by atoms with van der Waals surface area (Å²) >= 11 is 10.2. The summed E-state index contributed by atoms with van der Waals surface area (Å²) < 4.78 is 25.7. The van der Waals surface area contributed by atoms with Crippen molar-refractivity contribution in [2.24, 2.45) is 0 Å². The fourth-order valence-corrected chi connectivity index (χ4v) is 6.03. The summed E-state index contributed by atoms with van der Waals surface area (Å²) in [7, 11) is 1.53. The molecule has 0 saturated carbocycles. The minimum Gasteiger partial charge on any atom is -0.493 e. The largest absolute Gasteiger partial charge is 0.493 e. The Morgan fingerprint density at radius 3 is 2.56 bits per heavy atom. The maximum Gasteiger partial charge on any atom is 0.270 e. The van der Waals surface area contributed by atoms with Gasteiger partial charge in [0.1, 0.15) is 12.4 Å². The first kappa shape index (κ1) is 30.0. The van der Waals surface area contributed by atoms with Gasteiger partial charge in [0.05, 0.1) is 33.8 Å². The molecule has 7 nitrogen and oxygen atoms in total. The molecule has 1 aliphatic rings. The summed E-state index contributed by atoms with van der Waals surface area (Å²) in [4.78, 5) is 28.0. The van der Waals surface area contributed by atoms with Crippen LogP contribution in [0.1, 0.15) is 27.0 Å². The molecule has 0 aromatic heterocycles. The van der Waals surface area contributed by atoms with Crippen LogP contribution >= 0.6 is 39.9 Å². The number of ether oxygens (including phenoxy) is 2. The Hall–Kier alpha value is -4.50. The Bertz CT molecular complexity index is 1810. The lowest BCUT2D eigenvalue weighted by atomic mass is 10.1. The van der Waals surface area contributed by atoms with Crippen LogP contribution in [0.5, 0.6) is 11.5 Å². The Kier molecular flexibility index (Phi) is 9.21. The number of hydrogen-bond donors (Lipinski definition) is 1. The van der Waals surface area contributed by atoms with Crippen molar-refractivity contribution in [3.05, 3.63) is 122 Å². The van der Waals surface area contributed by atoms with E-state index in [4.69, 9.17) is 27.0 Å². The van der Waals surface area contributed by atoms with Crippen LogP contribution in [0.4, 0.5) is 15.8 Å². The van der Waals surface area contributed by atoms with Crippen LogP contribution in [0.25, 0.3) is 6.08 Å². The molecule has 214 valence electrons. The van der Waals surface area contributed by atoms with E-state index in [9.17, 15) is 14.0 Å². The molecule has 4 aromatic carbocycles. The van der Waals surface area contributed by atoms with E-state index in [1.54, 1.807) is 48.5 Å². The molecule has 1 saturated heterocycles. The Labute approximate surface area is 265 Å². The number of nitrogens with one attached hydrogen (secondary N) is 1. The minimum absolute atomic E-state index is 0.264. The molecule has 1 fully saturated rings. The molecule has 0 bridgehead atoms. The summed E-state index contributed by atoms with van der Waals surface area (Å²) in [6.07, 6.45) is 1.71. The van der Waals surface area contributed by atoms with Gasteiger partial charge in [0.25, 0.3) is 11.8 Å². The molecule has 0 unspecified atom stereocenters. The molecule has 1 N–H and O–H groups in total. The van der Waals surface area contributed by atoms with E-state index in [2.05, 4.69) is 27.3 Å². The van der Waals surface area contributed by atoms with E-state index >= 15 is 0 Å². The Balaban J connectivity index is 1.33. The van der Waals surface area contributed by atoms with Gasteiger partial charge in [-0.1, -0.05) is 42.2 Å². The van der Waals surface area contributed by atoms with Crippen LogP contribution in [0.15, 0.2) is 94.3 Å². The first-order valence-corrected chi connectivity index (χ1v) is 14.7. The molecule has 1 heterocycles. The molecule has 2 amide bonds. The first-order valence-electron chi connectivity index (χ1n) is 12.7. The zero-order chi connectivity index (χ0) is 30.5. The summed E-state index contributed by atoms with van der Waals surface area (Å²) in [5.74, 6) is -0.190. The fourth-order valence-electron chi connectivity index (χ4n) is 4.16. The van der Waals surface area contributed by atoms with Crippen molar-refractivity contribution in [1.29, 1.82) is 5.26 Å². The van der Waals surface area contributed by atoms with E-state index in [0.29, 0.717) is 53.3 Å². The third kappa shape index (κ3) is 6.94. The second-order valence-electron chi connectivity index (χ2n) is 9.16. The summed E-state index contributed by atoms with van der Waals surface area (Å²) in [6, 6.07) is 24.7. The van der Waals surface area contributed by atoms with Gasteiger partial charge < -0.3 is 14.8 Å². The van der Waals surface area contributed by atoms with Crippen molar-refractivity contribution in [3.63, 3.8) is 0 Å². The summed E-state index contributed by atoms with van der Waals surface area (Å²) in [5.41, 5.74) is 3.34. The molecule has 1 aliphatic heterocycles. The smallest absolute Gasteiger partial charge is 0.270 e. The zero-order valence-corrected chi connectivity index (χ0v) is 25.7. The van der Waals surface area contributed by atoms with Crippen molar-refractivity contribution in [3.8, 4) is 17.6 Å². The van der Waals surface area contributed by atoms with Crippen LogP contribution < -0.4 is 19.7 Å². The van der Waals surface area contributed by atoms with Gasteiger partial charge in [-0.2, -0.15) is 5.26 Å². The lowest BCUT2D eigenvalue weighted by Crippen LogP contribution is -2.27. The van der Waals surface area contributed by atoms with Crippen molar-refractivity contribution >= 4 is 73.5 Å². The molecule has 11 heteroatoms. The van der Waals surface area contributed by atoms with Gasteiger partial charge in [-0.05, 0) is 99.9 Å². The normalized spacial score (nSPS) is 13.6. The van der Waals surface area contributed by atoms with Gasteiger partial charge in [-0.25, -0.2) is 4.39 Å². The quantitative estimate of drug-likeness (QED) is 0.151. The number of amides is 2. The maximum absolute atomic E-state index is 13.5. The molecule has 4 aromatic rings. The highest BCUT2D eigenvalue weighted by molar-refractivity contribution is 9.10. The SMILES string of the molecule is COc1cc(/C=C2/SC(=S)N(c3cccc(C(=O)Nc4ccc(F)cc4)c3)C2=O)cc(Br)c1OCc1ccc(C#N)cc1. The molecule has 0 spiro atoms. The second-order valence-corrected chi connectivity index (χ2v) is 11.7. The van der Waals surface area contributed by atoms with E-state index in [0.717, 1.165) is 17.3 Å². The van der Waals surface area contributed by atoms with E-state index in [1.165, 1.54) is 36.3 Å². The molecule has 0 atom stereocenters. The fraction of sp³-hybridized carbons (Fsp3) is 0.0625. The highest BCUT2D eigenvalue weighted by Crippen LogP contribution is 2.40. The second kappa shape index (κ2) is 13.2. The van der Waals surface area contributed by atoms with E-state index < -0.39 is 11.7 Å². The first-order chi connectivity index (χ1) is 20.7. The number of thioether (sulfide) groups is 1. The van der Waals surface area contributed by atoms with Crippen LogP contribution in [0.3, 0.4) is 0 Å². The van der Waals surface area contributed by atoms with Gasteiger partial charge in [0.15, 0.2) is 15.8 Å². The van der Waals surface area contributed by atoms with Gasteiger partial charge in [-0.3, -0.25) is 14.5 Å². The number of nitriles is 1. The maximum atomic E-state index is 13.5. The monoisotopic (exact) mass is 673 g/mol. The number of nitrogens with zero attached hydrogens (tertiary/aromatic N) is 2. The summed E-state index contributed by atoms with van der Waals surface area (Å²) in [5, 5.41) is 11.7. The number of thiocarbonyl (C=S) groups is 1. The van der Waals surface area contributed by atoms with Crippen LogP contribution in [0, 0.1) is 17.1 Å². The average molecular weight is 675 g/mol. The topological polar surface area (TPSA) is 91.7 Å². The average Bonchev–Trinajstić information content (AvgIpc) is 3.29. The molecular weight excluding hydrogens is 653 g/mol. The number of benzene rings is 4. The van der Waals surface area contributed by atoms with Crippen LogP contribution in [0.2, 0.25) is 0 Å². The summed E-state index contributed by atoms with van der Waals surface area (Å²) in [6.45, 7) is 0.264. The van der Waals surface area contributed by atoms with Crippen LogP contribution in [-0.4, -0.2) is 23.2 Å². The van der Waals surface area contributed by atoms with Crippen molar-refractivity contribution in [2.45, 2.75) is 6.61 Å². The lowest BCUT2D eigenvalue weighted by Gasteiger charge is -2.16. The minimum atomic E-state index is -0.409. The van der Waals surface area contributed by atoms with Crippen LogP contribution in [-0.2, 0) is 11.4 Å². The zero-order valence-electron chi connectivity index (χ0n) is 22.5. The molecule has 5 rings (SSSR count). The number of methoxy groups -OCH3 is 1. The number of rotatable bonds is 8. The predicted molar refractivity (Wildman–Crippen MR) is 173 cm³/mol. The van der Waals surface area contributed by atoms with Crippen molar-refractivity contribution < 1.29 is 23.5 Å². The number of halogens is 2. The molecule has 0 aliphatic carbocycles. The number of carbonyl (C=O) groups excluding carboxylic acids is 2. The molecular formula is C32H21BrFN3O4S2. The Morgan fingerprint density at radius 1 is 1.12 bits per heavy atom.